The molecular weight excluding hydrogens is 326 g/mol. The third-order valence-electron chi connectivity index (χ3n) is 3.05. The van der Waals surface area contributed by atoms with Crippen LogP contribution in [-0.2, 0) is 0 Å². The molecule has 0 spiro atoms. The molecule has 1 heterocycles. The third-order valence-corrected chi connectivity index (χ3v) is 3.69. The number of rotatable bonds is 5. The number of benzene rings is 1. The van der Waals surface area contributed by atoms with Crippen molar-refractivity contribution in [3.05, 3.63) is 40.3 Å². The predicted molar refractivity (Wildman–Crippen MR) is 78.5 cm³/mol. The van der Waals surface area contributed by atoms with Crippen LogP contribution in [0.15, 0.2) is 33.5 Å². The van der Waals surface area contributed by atoms with Crippen LogP contribution in [0.1, 0.15) is 17.2 Å². The SMILES string of the molecule is COc1cc(OC)c(C(N)c2ccoc2Br)c(OC)c1. The minimum atomic E-state index is -0.445. The van der Waals surface area contributed by atoms with Gasteiger partial charge in [0.2, 0.25) is 0 Å². The normalized spacial score (nSPS) is 12.1. The van der Waals surface area contributed by atoms with E-state index in [0.717, 1.165) is 11.1 Å². The second kappa shape index (κ2) is 6.19. The average molecular weight is 342 g/mol. The summed E-state index contributed by atoms with van der Waals surface area (Å²) in [6.07, 6.45) is 1.57. The highest BCUT2D eigenvalue weighted by molar-refractivity contribution is 9.10. The van der Waals surface area contributed by atoms with Gasteiger partial charge in [-0.05, 0) is 22.0 Å². The number of hydrogen-bond acceptors (Lipinski definition) is 5. The molecule has 2 N–H and O–H groups in total. The molecule has 2 aromatic rings. The minimum Gasteiger partial charge on any atom is -0.496 e. The lowest BCUT2D eigenvalue weighted by Gasteiger charge is -2.19. The molecule has 1 unspecified atom stereocenters. The zero-order valence-electron chi connectivity index (χ0n) is 11.5. The molecule has 0 aliphatic rings. The molecule has 0 saturated heterocycles. The molecule has 5 nitrogen and oxygen atoms in total. The molecule has 0 aliphatic carbocycles. The first kappa shape index (κ1) is 14.7. The van der Waals surface area contributed by atoms with Crippen LogP contribution in [0.25, 0.3) is 0 Å². The molecule has 1 atom stereocenters. The van der Waals surface area contributed by atoms with Gasteiger partial charge in [-0.25, -0.2) is 0 Å². The van der Waals surface area contributed by atoms with Gasteiger partial charge in [-0.15, -0.1) is 0 Å². The minimum absolute atomic E-state index is 0.445. The van der Waals surface area contributed by atoms with Crippen molar-refractivity contribution in [2.75, 3.05) is 21.3 Å². The lowest BCUT2D eigenvalue weighted by atomic mass is 9.99. The molecule has 6 heteroatoms. The maximum Gasteiger partial charge on any atom is 0.174 e. The van der Waals surface area contributed by atoms with Gasteiger partial charge in [0.25, 0.3) is 0 Å². The molecule has 0 amide bonds. The topological polar surface area (TPSA) is 66.9 Å². The Balaban J connectivity index is 2.57. The van der Waals surface area contributed by atoms with Crippen LogP contribution in [0, 0.1) is 0 Å². The summed E-state index contributed by atoms with van der Waals surface area (Å²) in [5.41, 5.74) is 7.86. The van der Waals surface area contributed by atoms with Gasteiger partial charge in [0.1, 0.15) is 17.2 Å². The van der Waals surface area contributed by atoms with Crippen molar-refractivity contribution >= 4 is 15.9 Å². The summed E-state index contributed by atoms with van der Waals surface area (Å²) >= 11 is 3.33. The van der Waals surface area contributed by atoms with E-state index in [2.05, 4.69) is 15.9 Å². The number of hydrogen-bond donors (Lipinski definition) is 1. The second-order valence-electron chi connectivity index (χ2n) is 4.07. The van der Waals surface area contributed by atoms with Crippen LogP contribution < -0.4 is 19.9 Å². The molecule has 1 aromatic carbocycles. The molecule has 20 heavy (non-hydrogen) atoms. The maximum atomic E-state index is 6.32. The molecule has 0 saturated carbocycles. The second-order valence-corrected chi connectivity index (χ2v) is 4.79. The number of furan rings is 1. The molecule has 0 aliphatic heterocycles. The highest BCUT2D eigenvalue weighted by Gasteiger charge is 2.23. The molecule has 0 fully saturated rings. The van der Waals surface area contributed by atoms with Gasteiger partial charge in [0.05, 0.1) is 39.2 Å². The van der Waals surface area contributed by atoms with Gasteiger partial charge < -0.3 is 24.4 Å². The van der Waals surface area contributed by atoms with Crippen LogP contribution in [-0.4, -0.2) is 21.3 Å². The fourth-order valence-electron chi connectivity index (χ4n) is 2.02. The van der Waals surface area contributed by atoms with Crippen LogP contribution in [0.2, 0.25) is 0 Å². The van der Waals surface area contributed by atoms with Crippen LogP contribution in [0.5, 0.6) is 17.2 Å². The zero-order valence-corrected chi connectivity index (χ0v) is 13.1. The quantitative estimate of drug-likeness (QED) is 0.904. The molecule has 0 radical (unpaired) electrons. The predicted octanol–water partition coefficient (Wildman–Crippen LogP) is 3.12. The Hall–Kier alpha value is -1.66. The van der Waals surface area contributed by atoms with Crippen molar-refractivity contribution in [3.8, 4) is 17.2 Å². The molecule has 2 rings (SSSR count). The third kappa shape index (κ3) is 2.62. The Morgan fingerprint density at radius 1 is 1.10 bits per heavy atom. The first-order chi connectivity index (χ1) is 9.62. The Morgan fingerprint density at radius 2 is 1.70 bits per heavy atom. The van der Waals surface area contributed by atoms with E-state index in [4.69, 9.17) is 24.4 Å². The van der Waals surface area contributed by atoms with Crippen LogP contribution in [0.4, 0.5) is 0 Å². The van der Waals surface area contributed by atoms with Gasteiger partial charge in [-0.3, -0.25) is 0 Å². The molecule has 1 aromatic heterocycles. The number of nitrogens with two attached hydrogens (primary N) is 1. The number of ether oxygens (including phenoxy) is 3. The summed E-state index contributed by atoms with van der Waals surface area (Å²) in [5, 5.41) is 0. The van der Waals surface area contributed by atoms with E-state index in [0.29, 0.717) is 21.9 Å². The van der Waals surface area contributed by atoms with Crippen molar-refractivity contribution in [1.82, 2.24) is 0 Å². The van der Waals surface area contributed by atoms with E-state index in [1.54, 1.807) is 45.8 Å². The number of halogens is 1. The molecule has 0 bridgehead atoms. The standard InChI is InChI=1S/C14H16BrNO4/c1-17-8-6-10(18-2)12(11(7-8)19-3)13(16)9-4-5-20-14(9)15/h4-7,13H,16H2,1-3H3. The molecule has 108 valence electrons. The summed E-state index contributed by atoms with van der Waals surface area (Å²) in [6.45, 7) is 0. The monoisotopic (exact) mass is 341 g/mol. The first-order valence-corrected chi connectivity index (χ1v) is 6.70. The summed E-state index contributed by atoms with van der Waals surface area (Å²) < 4.78 is 21.8. The van der Waals surface area contributed by atoms with E-state index in [-0.39, 0.29) is 0 Å². The van der Waals surface area contributed by atoms with Gasteiger partial charge >= 0.3 is 0 Å². The van der Waals surface area contributed by atoms with E-state index >= 15 is 0 Å². The Kier molecular flexibility index (Phi) is 4.57. The maximum absolute atomic E-state index is 6.32. The van der Waals surface area contributed by atoms with Gasteiger partial charge in [0, 0.05) is 17.7 Å². The van der Waals surface area contributed by atoms with Crippen molar-refractivity contribution in [2.45, 2.75) is 6.04 Å². The summed E-state index contributed by atoms with van der Waals surface area (Å²) in [4.78, 5) is 0. The van der Waals surface area contributed by atoms with Crippen molar-refractivity contribution in [3.63, 3.8) is 0 Å². The van der Waals surface area contributed by atoms with Crippen molar-refractivity contribution < 1.29 is 18.6 Å². The zero-order chi connectivity index (χ0) is 14.7. The Morgan fingerprint density at radius 3 is 2.10 bits per heavy atom. The highest BCUT2D eigenvalue weighted by Crippen LogP contribution is 2.41. The number of methoxy groups -OCH3 is 3. The smallest absolute Gasteiger partial charge is 0.174 e. The van der Waals surface area contributed by atoms with Gasteiger partial charge in [-0.2, -0.15) is 0 Å². The Bertz CT molecular complexity index is 572. The fraction of sp³-hybridized carbons (Fsp3) is 0.286. The van der Waals surface area contributed by atoms with Crippen LogP contribution >= 0.6 is 15.9 Å². The molecular formula is C14H16BrNO4. The van der Waals surface area contributed by atoms with Crippen molar-refractivity contribution in [1.29, 1.82) is 0 Å². The Labute approximate surface area is 125 Å². The van der Waals surface area contributed by atoms with E-state index in [1.165, 1.54) is 0 Å². The van der Waals surface area contributed by atoms with E-state index < -0.39 is 6.04 Å². The highest BCUT2D eigenvalue weighted by atomic mass is 79.9. The van der Waals surface area contributed by atoms with Gasteiger partial charge in [0.15, 0.2) is 4.67 Å². The largest absolute Gasteiger partial charge is 0.496 e. The lowest BCUT2D eigenvalue weighted by molar-refractivity contribution is 0.366. The first-order valence-electron chi connectivity index (χ1n) is 5.90. The van der Waals surface area contributed by atoms with Gasteiger partial charge in [-0.1, -0.05) is 0 Å². The summed E-state index contributed by atoms with van der Waals surface area (Å²) in [5.74, 6) is 1.84. The van der Waals surface area contributed by atoms with E-state index in [1.807, 2.05) is 0 Å². The van der Waals surface area contributed by atoms with E-state index in [9.17, 15) is 0 Å². The van der Waals surface area contributed by atoms with Crippen LogP contribution in [0.3, 0.4) is 0 Å². The lowest BCUT2D eigenvalue weighted by Crippen LogP contribution is -2.14. The fourth-order valence-corrected chi connectivity index (χ4v) is 2.51. The summed E-state index contributed by atoms with van der Waals surface area (Å²) in [7, 11) is 4.74. The average Bonchev–Trinajstić information content (AvgIpc) is 2.91. The van der Waals surface area contributed by atoms with Crippen molar-refractivity contribution in [2.24, 2.45) is 5.73 Å². The summed E-state index contributed by atoms with van der Waals surface area (Å²) in [6, 6.07) is 4.90.